The molecule has 2 atom stereocenters. The molecule has 42 heavy (non-hydrogen) atoms. The molecule has 1 aliphatic carbocycles. The van der Waals surface area contributed by atoms with Gasteiger partial charge in [0.05, 0.1) is 24.3 Å². The molecule has 1 amide bonds. The number of benzene rings is 1. The van der Waals surface area contributed by atoms with Crippen molar-refractivity contribution >= 4 is 34.8 Å². The number of hydroxylamine groups is 1. The summed E-state index contributed by atoms with van der Waals surface area (Å²) in [5, 5.41) is 3.21. The predicted octanol–water partition coefficient (Wildman–Crippen LogP) is 5.19. The highest BCUT2D eigenvalue weighted by molar-refractivity contribution is 6.30. The molecule has 2 saturated heterocycles. The zero-order valence-electron chi connectivity index (χ0n) is 23.4. The van der Waals surface area contributed by atoms with Crippen LogP contribution in [0.4, 0.5) is 10.7 Å². The van der Waals surface area contributed by atoms with Crippen molar-refractivity contribution in [3.63, 3.8) is 0 Å². The second kappa shape index (κ2) is 11.5. The summed E-state index contributed by atoms with van der Waals surface area (Å²) in [5.74, 6) is 2.43. The highest BCUT2D eigenvalue weighted by Crippen LogP contribution is 2.38. The number of carbonyl (C=O) groups excluding carboxylic acids is 1. The fourth-order valence-corrected chi connectivity index (χ4v) is 6.45. The number of carbonyl (C=O) groups is 1. The molecular formula is C30H33ClN8O3. The molecule has 2 N–H and O–H groups in total. The molecule has 3 aromatic heterocycles. The molecule has 4 aromatic rings. The fraction of sp³-hybridized carbons (Fsp3) is 0.433. The third-order valence-corrected chi connectivity index (χ3v) is 8.72. The number of nitrogens with zero attached hydrogens (tertiary/aromatic N) is 6. The summed E-state index contributed by atoms with van der Waals surface area (Å²) in [4.78, 5) is 38.5. The number of rotatable bonds is 6. The van der Waals surface area contributed by atoms with Crippen LogP contribution >= 0.6 is 11.6 Å². The first kappa shape index (κ1) is 27.1. The van der Waals surface area contributed by atoms with Gasteiger partial charge < -0.3 is 19.0 Å². The molecule has 0 spiro atoms. The predicted molar refractivity (Wildman–Crippen MR) is 158 cm³/mol. The van der Waals surface area contributed by atoms with Gasteiger partial charge in [-0.3, -0.25) is 10.3 Å². The van der Waals surface area contributed by atoms with Crippen LogP contribution in [0.3, 0.4) is 0 Å². The Morgan fingerprint density at radius 2 is 1.90 bits per heavy atom. The molecule has 1 saturated carbocycles. The van der Waals surface area contributed by atoms with Gasteiger partial charge in [0.2, 0.25) is 5.95 Å². The van der Waals surface area contributed by atoms with E-state index in [0.29, 0.717) is 47.9 Å². The minimum Gasteiger partial charge on any atom is -0.377 e. The highest BCUT2D eigenvalue weighted by atomic mass is 35.5. The molecule has 7 rings (SSSR count). The van der Waals surface area contributed by atoms with Crippen LogP contribution < -0.4 is 15.7 Å². The topological polar surface area (TPSA) is 119 Å². The summed E-state index contributed by atoms with van der Waals surface area (Å²) in [7, 11) is 0. The number of morpholine rings is 1. The molecule has 11 nitrogen and oxygen atoms in total. The van der Waals surface area contributed by atoms with Crippen LogP contribution in [-0.4, -0.2) is 50.4 Å². The summed E-state index contributed by atoms with van der Waals surface area (Å²) < 4.78 is 8.27. The van der Waals surface area contributed by atoms with E-state index < -0.39 is 12.3 Å². The van der Waals surface area contributed by atoms with E-state index in [1.165, 1.54) is 18.4 Å². The van der Waals surface area contributed by atoms with Gasteiger partial charge in [0, 0.05) is 31.0 Å². The first-order chi connectivity index (χ1) is 20.5. The van der Waals surface area contributed by atoms with Crippen LogP contribution in [-0.2, 0) is 16.1 Å². The SMILES string of the molecule is CC1CCC(Cn2c(N3CCOC[C@H]3c3ccccc3)nc3nc(C4NOC(=O)N4)nc(-c4cncc(Cl)c4)c32)CC1. The molecule has 1 aromatic carbocycles. The van der Waals surface area contributed by atoms with E-state index >= 15 is 0 Å². The maximum Gasteiger partial charge on any atom is 0.427 e. The number of aromatic nitrogens is 5. The molecule has 218 valence electrons. The van der Waals surface area contributed by atoms with Crippen LogP contribution in [0.15, 0.2) is 48.8 Å². The molecule has 0 bridgehead atoms. The summed E-state index contributed by atoms with van der Waals surface area (Å²) >= 11 is 6.42. The van der Waals surface area contributed by atoms with Crippen molar-refractivity contribution in [2.45, 2.75) is 51.4 Å². The molecule has 3 aliphatic rings. The Bertz CT molecular complexity index is 1590. The quantitative estimate of drug-likeness (QED) is 0.313. The van der Waals surface area contributed by atoms with E-state index in [9.17, 15) is 4.79 Å². The maximum atomic E-state index is 11.9. The zero-order valence-corrected chi connectivity index (χ0v) is 24.1. The Hall–Kier alpha value is -3.80. The number of nitrogens with one attached hydrogen (secondary N) is 2. The van der Waals surface area contributed by atoms with Gasteiger partial charge in [-0.2, -0.15) is 4.98 Å². The number of halogens is 1. The zero-order chi connectivity index (χ0) is 28.6. The molecule has 5 heterocycles. The minimum absolute atomic E-state index is 0.00482. The summed E-state index contributed by atoms with van der Waals surface area (Å²) in [6, 6.07) is 12.3. The normalized spacial score (nSPS) is 24.5. The number of amides is 1. The van der Waals surface area contributed by atoms with Gasteiger partial charge >= 0.3 is 6.09 Å². The average molecular weight is 589 g/mol. The second-order valence-electron chi connectivity index (χ2n) is 11.4. The summed E-state index contributed by atoms with van der Waals surface area (Å²) in [6.45, 7) is 4.98. The van der Waals surface area contributed by atoms with Gasteiger partial charge in [0.15, 0.2) is 17.6 Å². The van der Waals surface area contributed by atoms with Crippen molar-refractivity contribution in [3.05, 3.63) is 65.2 Å². The maximum absolute atomic E-state index is 11.9. The van der Waals surface area contributed by atoms with E-state index in [2.05, 4.69) is 56.4 Å². The van der Waals surface area contributed by atoms with Crippen molar-refractivity contribution in [2.75, 3.05) is 24.7 Å². The van der Waals surface area contributed by atoms with Crippen LogP contribution in [0.2, 0.25) is 5.02 Å². The third-order valence-electron chi connectivity index (χ3n) is 8.51. The van der Waals surface area contributed by atoms with Gasteiger partial charge in [-0.25, -0.2) is 14.8 Å². The Labute approximate surface area is 248 Å². The lowest BCUT2D eigenvalue weighted by Gasteiger charge is -2.37. The van der Waals surface area contributed by atoms with E-state index in [0.717, 1.165) is 42.3 Å². The van der Waals surface area contributed by atoms with Crippen molar-refractivity contribution in [1.82, 2.24) is 35.3 Å². The number of imidazole rings is 1. The number of fused-ring (bicyclic) bond motifs is 1. The lowest BCUT2D eigenvalue weighted by atomic mass is 9.83. The average Bonchev–Trinajstić information content (AvgIpc) is 3.62. The Kier molecular flexibility index (Phi) is 7.39. The number of hydrogen-bond donors (Lipinski definition) is 2. The first-order valence-electron chi connectivity index (χ1n) is 14.5. The van der Waals surface area contributed by atoms with Crippen LogP contribution in [0.5, 0.6) is 0 Å². The third kappa shape index (κ3) is 5.28. The standard InChI is InChI=1S/C30H33ClN8O3/c1-18-7-9-19(10-8-18)16-39-25-24(21-13-22(31)15-32-14-21)33-27(28-36-30(40)42-37-28)34-26(25)35-29(39)38-11-12-41-17-23(38)20-5-3-2-4-6-20/h2-6,13-15,18-19,23,28,37H,7-12,16-17H2,1H3,(H,36,40)/t18?,19?,23-,28?/m0/s1. The first-order valence-corrected chi connectivity index (χ1v) is 14.9. The Morgan fingerprint density at radius 3 is 2.67 bits per heavy atom. The fourth-order valence-electron chi connectivity index (χ4n) is 6.28. The van der Waals surface area contributed by atoms with Crippen molar-refractivity contribution in [2.24, 2.45) is 11.8 Å². The van der Waals surface area contributed by atoms with Crippen molar-refractivity contribution < 1.29 is 14.4 Å². The molecular weight excluding hydrogens is 556 g/mol. The minimum atomic E-state index is -0.721. The number of ether oxygens (including phenoxy) is 1. The van der Waals surface area contributed by atoms with E-state index in [1.54, 1.807) is 12.4 Å². The number of hydrogen-bond acceptors (Lipinski definition) is 9. The van der Waals surface area contributed by atoms with Crippen molar-refractivity contribution in [3.8, 4) is 11.3 Å². The van der Waals surface area contributed by atoms with Crippen molar-refractivity contribution in [1.29, 1.82) is 0 Å². The van der Waals surface area contributed by atoms with Crippen LogP contribution in [0, 0.1) is 11.8 Å². The van der Waals surface area contributed by atoms with Crippen LogP contribution in [0.25, 0.3) is 22.4 Å². The molecule has 2 aliphatic heterocycles. The summed E-state index contributed by atoms with van der Waals surface area (Å²) in [6.07, 6.45) is 6.79. The highest BCUT2D eigenvalue weighted by Gasteiger charge is 2.34. The van der Waals surface area contributed by atoms with Gasteiger partial charge in [-0.1, -0.05) is 61.7 Å². The van der Waals surface area contributed by atoms with E-state index in [4.69, 9.17) is 36.1 Å². The molecule has 3 fully saturated rings. The van der Waals surface area contributed by atoms with E-state index in [-0.39, 0.29) is 6.04 Å². The largest absolute Gasteiger partial charge is 0.427 e. The number of anilines is 1. The van der Waals surface area contributed by atoms with Crippen LogP contribution in [0.1, 0.15) is 56.2 Å². The lowest BCUT2D eigenvalue weighted by molar-refractivity contribution is 0.0927. The lowest BCUT2D eigenvalue weighted by Crippen LogP contribution is -2.41. The monoisotopic (exact) mass is 588 g/mol. The van der Waals surface area contributed by atoms with E-state index in [1.807, 2.05) is 12.1 Å². The molecule has 12 heteroatoms. The van der Waals surface area contributed by atoms with Gasteiger partial charge in [-0.15, -0.1) is 5.48 Å². The summed E-state index contributed by atoms with van der Waals surface area (Å²) in [5.41, 5.74) is 6.59. The smallest absolute Gasteiger partial charge is 0.377 e. The second-order valence-corrected chi connectivity index (χ2v) is 11.9. The van der Waals surface area contributed by atoms with Gasteiger partial charge in [0.1, 0.15) is 11.2 Å². The molecule has 1 unspecified atom stereocenters. The molecule has 0 radical (unpaired) electrons. The van der Waals surface area contributed by atoms with Gasteiger partial charge in [-0.05, 0) is 36.3 Å². The van der Waals surface area contributed by atoms with Gasteiger partial charge in [0.25, 0.3) is 0 Å². The number of pyridine rings is 1. The Balaban J connectivity index is 1.42. The Morgan fingerprint density at radius 1 is 1.07 bits per heavy atom.